The zero-order valence-electron chi connectivity index (χ0n) is 39.5. The number of benzene rings is 2. The first kappa shape index (κ1) is 50.8. The van der Waals surface area contributed by atoms with Gasteiger partial charge < -0.3 is 48.9 Å². The first-order valence-electron chi connectivity index (χ1n) is 22.2. The molecule has 1 fully saturated rings. The smallest absolute Gasteiger partial charge is 0.345 e. The average molecular weight is 947 g/mol. The number of carbonyl (C=O) groups excluding carboxylic acids is 6. The van der Waals surface area contributed by atoms with E-state index in [1.165, 1.54) is 59.1 Å². The van der Waals surface area contributed by atoms with Crippen LogP contribution in [0.1, 0.15) is 109 Å². The lowest BCUT2D eigenvalue weighted by Crippen LogP contribution is -2.49. The van der Waals surface area contributed by atoms with Crippen LogP contribution < -0.4 is 14.8 Å². The summed E-state index contributed by atoms with van der Waals surface area (Å²) in [4.78, 5) is 87.7. The van der Waals surface area contributed by atoms with E-state index in [1.807, 2.05) is 0 Å². The number of fused-ring (bicyclic) bond motifs is 14. The van der Waals surface area contributed by atoms with Crippen molar-refractivity contribution in [2.75, 3.05) is 20.2 Å². The fourth-order valence-electron chi connectivity index (χ4n) is 9.23. The van der Waals surface area contributed by atoms with Crippen molar-refractivity contribution in [3.8, 4) is 11.5 Å². The minimum atomic E-state index is -2.18. The first-order chi connectivity index (χ1) is 31.5. The number of aliphatic hydroxyl groups is 2. The summed E-state index contributed by atoms with van der Waals surface area (Å²) in [7, 11) is 1.42. The highest BCUT2D eigenvalue weighted by Gasteiger charge is 2.54. The number of esters is 2. The van der Waals surface area contributed by atoms with Crippen molar-refractivity contribution in [3.05, 3.63) is 105 Å². The molecule has 0 spiro atoms. The van der Waals surface area contributed by atoms with Gasteiger partial charge in [0.05, 0.1) is 64.1 Å². The number of nitrogens with zero attached hydrogens (tertiary/aromatic N) is 1. The van der Waals surface area contributed by atoms with Crippen molar-refractivity contribution in [2.24, 2.45) is 23.7 Å². The fourth-order valence-corrected chi connectivity index (χ4v) is 9.44. The van der Waals surface area contributed by atoms with E-state index in [0.717, 1.165) is 6.26 Å². The number of allylic oxidation sites excluding steroid dienone is 4. The molecular weight excluding hydrogens is 888 g/mol. The van der Waals surface area contributed by atoms with E-state index in [0.29, 0.717) is 0 Å². The number of morpholine rings is 1. The zero-order chi connectivity index (χ0) is 49.4. The molecule has 2 aromatic rings. The van der Waals surface area contributed by atoms with Gasteiger partial charge in [-0.3, -0.25) is 24.0 Å². The van der Waals surface area contributed by atoms with E-state index in [1.54, 1.807) is 70.7 Å². The molecule has 7 rings (SSSR count). The lowest BCUT2D eigenvalue weighted by molar-refractivity contribution is -0.160. The van der Waals surface area contributed by atoms with Gasteiger partial charge >= 0.3 is 17.7 Å². The normalized spacial score (nSPS) is 32.4. The summed E-state index contributed by atoms with van der Waals surface area (Å²) in [6.07, 6.45) is 2.36. The van der Waals surface area contributed by atoms with E-state index < -0.39 is 124 Å². The highest BCUT2D eigenvalue weighted by atomic mass is 35.5. The lowest BCUT2D eigenvalue weighted by atomic mass is 9.78. The van der Waals surface area contributed by atoms with E-state index in [9.17, 15) is 29.4 Å². The monoisotopic (exact) mass is 946 g/mol. The maximum Gasteiger partial charge on any atom is 0.345 e. The molecule has 4 aliphatic heterocycles. The number of ketones is 3. The molecule has 4 heterocycles. The number of ether oxygens (including phenoxy) is 6. The minimum Gasteiger partial charge on any atom is -0.462 e. The largest absolute Gasteiger partial charge is 0.462 e. The van der Waals surface area contributed by atoms with Crippen molar-refractivity contribution < 1.29 is 67.4 Å². The number of aliphatic hydroxyl groups excluding tert-OH is 2. The second-order valence-corrected chi connectivity index (χ2v) is 18.4. The van der Waals surface area contributed by atoms with Crippen molar-refractivity contribution in [1.29, 1.82) is 0 Å². The molecule has 2 unspecified atom stereocenters. The Morgan fingerprint density at radius 3 is 2.16 bits per heavy atom. The molecule has 5 aliphatic rings. The van der Waals surface area contributed by atoms with Gasteiger partial charge in [0, 0.05) is 68.9 Å². The Hall–Kier alpha value is -5.65. The van der Waals surface area contributed by atoms with Crippen LogP contribution in [0.2, 0.25) is 5.02 Å². The number of hydrogen-bond donors (Lipinski definition) is 3. The van der Waals surface area contributed by atoms with E-state index in [4.69, 9.17) is 40.0 Å². The second-order valence-electron chi connectivity index (χ2n) is 18.0. The molecule has 0 radical (unpaired) electrons. The van der Waals surface area contributed by atoms with Crippen molar-refractivity contribution >= 4 is 46.8 Å². The van der Waals surface area contributed by atoms with Gasteiger partial charge in [-0.25, -0.2) is 4.79 Å². The predicted octanol–water partition coefficient (Wildman–Crippen LogP) is 6.23. The molecule has 11 atom stereocenters. The number of carbonyl (C=O) groups is 6. The maximum atomic E-state index is 15.4. The summed E-state index contributed by atoms with van der Waals surface area (Å²) in [6, 6.07) is 6.06. The van der Waals surface area contributed by atoms with Crippen LogP contribution in [0.4, 0.5) is 0 Å². The van der Waals surface area contributed by atoms with Gasteiger partial charge in [0.15, 0.2) is 0 Å². The molecule has 2 aromatic carbocycles. The Labute approximate surface area is 394 Å². The van der Waals surface area contributed by atoms with Crippen LogP contribution in [0, 0.1) is 30.6 Å². The summed E-state index contributed by atoms with van der Waals surface area (Å²) in [6.45, 7) is 16.2. The van der Waals surface area contributed by atoms with Crippen LogP contribution >= 0.6 is 11.6 Å². The Morgan fingerprint density at radius 2 is 1.54 bits per heavy atom. The molecular formula is C50H59ClN2O14. The highest BCUT2D eigenvalue weighted by molar-refractivity contribution is 6.34. The summed E-state index contributed by atoms with van der Waals surface area (Å²) in [5, 5.41) is 25.8. The van der Waals surface area contributed by atoms with Gasteiger partial charge in [0.2, 0.25) is 11.6 Å². The summed E-state index contributed by atoms with van der Waals surface area (Å²) >= 11 is 6.40. The Kier molecular flexibility index (Phi) is 15.4. The van der Waals surface area contributed by atoms with Gasteiger partial charge in [-0.1, -0.05) is 69.7 Å². The lowest BCUT2D eigenvalue weighted by Gasteiger charge is -2.39. The molecule has 1 amide bonds. The Balaban J connectivity index is 1.58. The van der Waals surface area contributed by atoms with E-state index in [2.05, 4.69) is 5.32 Å². The quantitative estimate of drug-likeness (QED) is 0.224. The molecule has 1 aliphatic carbocycles. The third-order valence-corrected chi connectivity index (χ3v) is 13.3. The zero-order valence-corrected chi connectivity index (χ0v) is 40.3. The highest BCUT2D eigenvalue weighted by Crippen LogP contribution is 2.50. The van der Waals surface area contributed by atoms with Crippen LogP contribution in [0.15, 0.2) is 71.8 Å². The van der Waals surface area contributed by atoms with Gasteiger partial charge in [-0.2, -0.15) is 0 Å². The molecule has 67 heavy (non-hydrogen) atoms. The van der Waals surface area contributed by atoms with Crippen molar-refractivity contribution in [1.82, 2.24) is 10.2 Å². The van der Waals surface area contributed by atoms with Gasteiger partial charge in [-0.15, -0.1) is 0 Å². The number of methoxy groups -OCH3 is 1. The number of Topliss-reactive ketones (excluding diaryl/α,β-unsaturated/α-hetero) is 3. The van der Waals surface area contributed by atoms with Crippen molar-refractivity contribution in [3.63, 3.8) is 0 Å². The van der Waals surface area contributed by atoms with Crippen LogP contribution in [-0.4, -0.2) is 113 Å². The number of halogens is 1. The average Bonchev–Trinajstić information content (AvgIpc) is 3.54. The van der Waals surface area contributed by atoms with Gasteiger partial charge in [0.25, 0.3) is 11.7 Å². The van der Waals surface area contributed by atoms with Gasteiger partial charge in [0.1, 0.15) is 29.0 Å². The van der Waals surface area contributed by atoms with Crippen LogP contribution in [0.3, 0.4) is 0 Å². The molecule has 16 nitrogen and oxygen atoms in total. The standard InChI is InChI=1S/C50H59ClN2O14/c1-23-15-14-16-24(2)48(60)52-38-39(53-21-25(3)64-26(4)22-53)43(58)35-36(42(38)57)45(66-49(61)32-17-12-13-18-33(32)51)30(8)46-37(35)47(59)50(10,67-46)63-20-19-34(62-11)27(5)44(65-31(9)54)29(7)41(56)28(6)40(23)55/h12-20,23,25-29,34,40-41,44,55-56H,21-22H2,1-11H3,(H,52,60)/b15-14-,20-19-,24-16-/t23-,25?,26?,27+,28+,29-,34-,40-,41-,44+,50-/m0/s1. The topological polar surface area (TPSA) is 214 Å². The molecule has 0 aromatic heterocycles. The molecule has 17 heteroatoms. The van der Waals surface area contributed by atoms with Crippen molar-refractivity contribution in [2.45, 2.75) is 112 Å². The number of hydrogen-bond acceptors (Lipinski definition) is 15. The SMILES string of the molecule is CO[C@H]1/C=C\O[C@@]2(C)Oc3c(C)c(OC(=O)c4ccccc4Cl)c4c(c3C2=O)C(=O)C(N2CC(C)OC(C)C2)=C(NC(=O)/C(C)=C\C=C/[C@H](C)[C@H](O)[C@@H](C)[C@H](O)[C@H](C)[C@H](OC(C)=O)[C@@H]1C)C4=O. The maximum absolute atomic E-state index is 15.4. The summed E-state index contributed by atoms with van der Waals surface area (Å²) < 4.78 is 35.9. The van der Waals surface area contributed by atoms with E-state index >= 15 is 9.59 Å². The van der Waals surface area contributed by atoms with Crippen LogP contribution in [0.5, 0.6) is 11.5 Å². The molecule has 360 valence electrons. The summed E-state index contributed by atoms with van der Waals surface area (Å²) in [5.41, 5.74) is -1.84. The Morgan fingerprint density at radius 1 is 0.881 bits per heavy atom. The molecule has 0 saturated carbocycles. The molecule has 5 bridgehead atoms. The van der Waals surface area contributed by atoms with E-state index in [-0.39, 0.29) is 51.8 Å². The predicted molar refractivity (Wildman–Crippen MR) is 245 cm³/mol. The number of rotatable bonds is 5. The first-order valence-corrected chi connectivity index (χ1v) is 22.6. The van der Waals surface area contributed by atoms with Crippen LogP contribution in [0.25, 0.3) is 0 Å². The number of nitrogens with one attached hydrogen (secondary N) is 1. The van der Waals surface area contributed by atoms with Crippen LogP contribution in [-0.2, 0) is 28.5 Å². The molecule has 1 saturated heterocycles. The third kappa shape index (κ3) is 10.00. The third-order valence-electron chi connectivity index (χ3n) is 12.9. The number of amides is 1. The fraction of sp³-hybridized carbons (Fsp3) is 0.480. The minimum absolute atomic E-state index is 0.0138. The second kappa shape index (κ2) is 20.3. The Bertz CT molecular complexity index is 2470. The van der Waals surface area contributed by atoms with Gasteiger partial charge in [-0.05, 0) is 45.9 Å². The molecule has 3 N–H and O–H groups in total. The summed E-state index contributed by atoms with van der Waals surface area (Å²) in [5.74, 6) is -10.5.